The molecule has 168 valence electrons. The zero-order valence-electron chi connectivity index (χ0n) is 14.2. The van der Waals surface area contributed by atoms with Crippen LogP contribution in [0.15, 0.2) is 0 Å². The average Bonchev–Trinajstić information content (AvgIpc) is 2.56. The lowest BCUT2D eigenvalue weighted by Gasteiger charge is -2.38. The molecule has 0 amide bonds. The highest BCUT2D eigenvalue weighted by atomic mass is 19.4. The van der Waals surface area contributed by atoms with E-state index in [-0.39, 0.29) is 6.42 Å². The van der Waals surface area contributed by atoms with Crippen molar-refractivity contribution in [2.75, 3.05) is 6.61 Å². The van der Waals surface area contributed by atoms with Gasteiger partial charge < -0.3 is 4.74 Å². The van der Waals surface area contributed by atoms with Gasteiger partial charge >= 0.3 is 42.0 Å². The molecule has 0 aromatic rings. The predicted molar refractivity (Wildman–Crippen MR) is 70.5 cm³/mol. The van der Waals surface area contributed by atoms with Crippen LogP contribution in [0.4, 0.5) is 52.7 Å². The van der Waals surface area contributed by atoms with Gasteiger partial charge in [0, 0.05) is 6.42 Å². The molecule has 14 heteroatoms. The summed E-state index contributed by atoms with van der Waals surface area (Å²) in [4.78, 5) is 11.1. The molecule has 0 aliphatic carbocycles. The van der Waals surface area contributed by atoms with Gasteiger partial charge in [0.25, 0.3) is 0 Å². The highest BCUT2D eigenvalue weighted by Crippen LogP contribution is 2.58. The second-order valence-electron chi connectivity index (χ2n) is 5.82. The molecular formula is C14H16F12O2. The van der Waals surface area contributed by atoms with Crippen molar-refractivity contribution in [1.29, 1.82) is 0 Å². The van der Waals surface area contributed by atoms with Crippen LogP contribution in [0.25, 0.3) is 0 Å². The third-order valence-corrected chi connectivity index (χ3v) is 3.59. The van der Waals surface area contributed by atoms with Crippen molar-refractivity contribution in [3.8, 4) is 0 Å². The molecule has 0 bridgehead atoms. The summed E-state index contributed by atoms with van der Waals surface area (Å²) in [5, 5.41) is 0. The maximum Gasteiger partial charge on any atom is 0.384 e. The molecule has 0 fully saturated rings. The van der Waals surface area contributed by atoms with Crippen LogP contribution in [-0.2, 0) is 9.53 Å². The van der Waals surface area contributed by atoms with Crippen molar-refractivity contribution in [2.45, 2.75) is 75.1 Å². The van der Waals surface area contributed by atoms with E-state index in [9.17, 15) is 57.5 Å². The Labute approximate surface area is 151 Å². The van der Waals surface area contributed by atoms with Crippen LogP contribution in [0.3, 0.4) is 0 Å². The normalized spacial score (nSPS) is 14.5. The molecule has 0 rings (SSSR count). The number of hydrogen-bond acceptors (Lipinski definition) is 2. The maximum atomic E-state index is 13.3. The molecule has 28 heavy (non-hydrogen) atoms. The minimum atomic E-state index is -7.61. The Morgan fingerprint density at radius 1 is 0.786 bits per heavy atom. The Bertz CT molecular complexity index is 518. The van der Waals surface area contributed by atoms with E-state index in [2.05, 4.69) is 4.74 Å². The Morgan fingerprint density at radius 3 is 1.71 bits per heavy atom. The summed E-state index contributed by atoms with van der Waals surface area (Å²) in [5.41, 5.74) is 0. The van der Waals surface area contributed by atoms with Crippen molar-refractivity contribution in [3.05, 3.63) is 0 Å². The molecule has 0 aromatic heterocycles. The summed E-state index contributed by atoms with van der Waals surface area (Å²) in [6, 6.07) is 0. The number of carbonyl (C=O) groups is 1. The van der Waals surface area contributed by atoms with Crippen LogP contribution in [0.2, 0.25) is 0 Å². The summed E-state index contributed by atoms with van der Waals surface area (Å²) in [7, 11) is 0. The van der Waals surface area contributed by atoms with E-state index >= 15 is 0 Å². The first-order valence-electron chi connectivity index (χ1n) is 7.73. The molecule has 0 saturated carbocycles. The van der Waals surface area contributed by atoms with Crippen molar-refractivity contribution in [1.82, 2.24) is 0 Å². The zero-order valence-corrected chi connectivity index (χ0v) is 14.2. The van der Waals surface area contributed by atoms with Crippen molar-refractivity contribution in [2.24, 2.45) is 0 Å². The summed E-state index contributed by atoms with van der Waals surface area (Å²) < 4.78 is 158. The van der Waals surface area contributed by atoms with Gasteiger partial charge in [0.15, 0.2) is 6.61 Å². The minimum Gasteiger partial charge on any atom is -0.459 e. The molecule has 0 heterocycles. The van der Waals surface area contributed by atoms with Gasteiger partial charge in [0.1, 0.15) is 0 Å². The SMILES string of the molecule is CCCCCCC(=O)OCC(F)(F)C(F)(F)C(F)(F)C(F)(F)C(F)(F)C(F)F. The van der Waals surface area contributed by atoms with E-state index in [1.165, 1.54) is 0 Å². The standard InChI is InChI=1S/C14H16F12O2/c1-2-3-4-5-6-8(27)28-7-10(17,18)12(21,22)14(25,26)13(23,24)11(19,20)9(15)16/h9H,2-7H2,1H3. The Kier molecular flexibility index (Phi) is 8.53. The van der Waals surface area contributed by atoms with Crippen LogP contribution in [0.5, 0.6) is 0 Å². The summed E-state index contributed by atoms with van der Waals surface area (Å²) >= 11 is 0. The number of halogens is 12. The summed E-state index contributed by atoms with van der Waals surface area (Å²) in [6.07, 6.45) is -4.36. The fourth-order valence-corrected chi connectivity index (χ4v) is 1.80. The largest absolute Gasteiger partial charge is 0.459 e. The van der Waals surface area contributed by atoms with Crippen LogP contribution in [-0.4, -0.2) is 48.6 Å². The number of rotatable bonds is 12. The molecular weight excluding hydrogens is 428 g/mol. The molecule has 0 atom stereocenters. The first-order valence-corrected chi connectivity index (χ1v) is 7.73. The highest BCUT2D eigenvalue weighted by Gasteiger charge is 2.87. The lowest BCUT2D eigenvalue weighted by Crippen LogP contribution is -2.69. The number of unbranched alkanes of at least 4 members (excludes halogenated alkanes) is 3. The third kappa shape index (κ3) is 4.97. The maximum absolute atomic E-state index is 13.3. The Morgan fingerprint density at radius 2 is 1.29 bits per heavy atom. The highest BCUT2D eigenvalue weighted by molar-refractivity contribution is 5.69. The Hall–Kier alpha value is -1.37. The molecule has 0 unspecified atom stereocenters. The van der Waals surface area contributed by atoms with Gasteiger partial charge in [-0.05, 0) is 6.42 Å². The first kappa shape index (κ1) is 26.6. The van der Waals surface area contributed by atoms with Gasteiger partial charge in [-0.25, -0.2) is 8.78 Å². The van der Waals surface area contributed by atoms with E-state index in [0.29, 0.717) is 19.3 Å². The van der Waals surface area contributed by atoms with Crippen LogP contribution in [0, 0.1) is 0 Å². The molecule has 2 nitrogen and oxygen atoms in total. The third-order valence-electron chi connectivity index (χ3n) is 3.59. The zero-order chi connectivity index (χ0) is 22.6. The fourth-order valence-electron chi connectivity index (χ4n) is 1.80. The monoisotopic (exact) mass is 444 g/mol. The number of hydrogen-bond donors (Lipinski definition) is 0. The van der Waals surface area contributed by atoms with Gasteiger partial charge in [0.2, 0.25) is 0 Å². The quantitative estimate of drug-likeness (QED) is 0.212. The second kappa shape index (κ2) is 8.97. The Balaban J connectivity index is 5.39. The van der Waals surface area contributed by atoms with Crippen LogP contribution >= 0.6 is 0 Å². The molecule has 0 N–H and O–H groups in total. The number of ether oxygens (including phenoxy) is 1. The number of alkyl halides is 12. The average molecular weight is 444 g/mol. The van der Waals surface area contributed by atoms with Crippen LogP contribution in [0.1, 0.15) is 39.0 Å². The lowest BCUT2D eigenvalue weighted by molar-refractivity contribution is -0.414. The van der Waals surface area contributed by atoms with Crippen molar-refractivity contribution in [3.63, 3.8) is 0 Å². The van der Waals surface area contributed by atoms with Gasteiger partial charge in [-0.3, -0.25) is 4.79 Å². The van der Waals surface area contributed by atoms with Gasteiger partial charge in [-0.2, -0.15) is 43.9 Å². The smallest absolute Gasteiger partial charge is 0.384 e. The van der Waals surface area contributed by atoms with E-state index in [0.717, 1.165) is 0 Å². The number of carbonyl (C=O) groups excluding carboxylic acids is 1. The molecule has 0 aliphatic rings. The lowest BCUT2D eigenvalue weighted by atomic mass is 9.94. The van der Waals surface area contributed by atoms with Gasteiger partial charge in [0.05, 0.1) is 0 Å². The fraction of sp³-hybridized carbons (Fsp3) is 0.929. The molecule has 0 aromatic carbocycles. The van der Waals surface area contributed by atoms with Crippen molar-refractivity contribution < 1.29 is 62.2 Å². The molecule has 0 spiro atoms. The minimum absolute atomic E-state index is 0.0590. The molecule has 0 radical (unpaired) electrons. The molecule has 0 saturated heterocycles. The summed E-state index contributed by atoms with van der Waals surface area (Å²) in [6.45, 7) is -1.08. The van der Waals surface area contributed by atoms with E-state index in [1.54, 1.807) is 6.92 Å². The summed E-state index contributed by atoms with van der Waals surface area (Å²) in [5.74, 6) is -37.3. The topological polar surface area (TPSA) is 26.3 Å². The van der Waals surface area contributed by atoms with E-state index in [4.69, 9.17) is 0 Å². The van der Waals surface area contributed by atoms with E-state index < -0.39 is 55.0 Å². The van der Waals surface area contributed by atoms with E-state index in [1.807, 2.05) is 0 Å². The second-order valence-corrected chi connectivity index (χ2v) is 5.82. The number of esters is 1. The first-order chi connectivity index (χ1) is 12.4. The van der Waals surface area contributed by atoms with Gasteiger partial charge in [-0.15, -0.1) is 0 Å². The van der Waals surface area contributed by atoms with Crippen molar-refractivity contribution >= 4 is 5.97 Å². The molecule has 0 aliphatic heterocycles. The van der Waals surface area contributed by atoms with Crippen LogP contribution < -0.4 is 0 Å². The van der Waals surface area contributed by atoms with Gasteiger partial charge in [-0.1, -0.05) is 26.2 Å². The predicted octanol–water partition coefficient (Wildman–Crippen LogP) is 5.94.